The monoisotopic (exact) mass is 376 g/mol. The summed E-state index contributed by atoms with van der Waals surface area (Å²) in [6, 6.07) is 17.4. The van der Waals surface area contributed by atoms with Crippen LogP contribution in [0.25, 0.3) is 16.3 Å². The Labute approximate surface area is 162 Å². The number of rotatable bonds is 4. The predicted molar refractivity (Wildman–Crippen MR) is 109 cm³/mol. The van der Waals surface area contributed by atoms with E-state index in [2.05, 4.69) is 4.98 Å². The molecule has 1 aliphatic rings. The highest BCUT2D eigenvalue weighted by Crippen LogP contribution is 2.24. The van der Waals surface area contributed by atoms with Gasteiger partial charge in [0.25, 0.3) is 0 Å². The lowest BCUT2D eigenvalue weighted by Gasteiger charge is -2.30. The van der Waals surface area contributed by atoms with E-state index in [1.807, 2.05) is 59.5 Å². The number of benzene rings is 2. The van der Waals surface area contributed by atoms with E-state index in [1.165, 1.54) is 0 Å². The Hall–Kier alpha value is -2.79. The van der Waals surface area contributed by atoms with Crippen molar-refractivity contribution in [2.75, 3.05) is 13.1 Å². The number of likely N-dealkylation sites (tertiary alicyclic amines) is 1. The SMILES string of the molecule is O=C(c1ccccc1)C1CCN(C(=O)/C=C/c2nc3ccccc3s2)CC1. The molecule has 4 rings (SSSR count). The summed E-state index contributed by atoms with van der Waals surface area (Å²) >= 11 is 1.57. The van der Waals surface area contributed by atoms with Crippen LogP contribution in [0, 0.1) is 5.92 Å². The van der Waals surface area contributed by atoms with Crippen LogP contribution in [0.15, 0.2) is 60.7 Å². The third-order valence-electron chi connectivity index (χ3n) is 4.91. The van der Waals surface area contributed by atoms with Gasteiger partial charge in [-0.2, -0.15) is 0 Å². The van der Waals surface area contributed by atoms with Crippen molar-refractivity contribution < 1.29 is 9.59 Å². The van der Waals surface area contributed by atoms with E-state index < -0.39 is 0 Å². The Morgan fingerprint density at radius 3 is 2.44 bits per heavy atom. The van der Waals surface area contributed by atoms with Gasteiger partial charge in [-0.1, -0.05) is 42.5 Å². The van der Waals surface area contributed by atoms with Gasteiger partial charge < -0.3 is 4.90 Å². The Kier molecular flexibility index (Phi) is 5.12. The fourth-order valence-corrected chi connectivity index (χ4v) is 4.28. The number of carbonyl (C=O) groups is 2. The third-order valence-corrected chi connectivity index (χ3v) is 5.92. The maximum atomic E-state index is 12.5. The minimum Gasteiger partial charge on any atom is -0.339 e. The summed E-state index contributed by atoms with van der Waals surface area (Å²) in [6.45, 7) is 1.23. The van der Waals surface area contributed by atoms with Crippen molar-refractivity contribution in [2.45, 2.75) is 12.8 Å². The number of carbonyl (C=O) groups excluding carboxylic acids is 2. The van der Waals surface area contributed by atoms with Crippen LogP contribution in [0.4, 0.5) is 0 Å². The van der Waals surface area contributed by atoms with Crippen molar-refractivity contribution in [3.63, 3.8) is 0 Å². The second kappa shape index (κ2) is 7.84. The molecule has 0 bridgehead atoms. The van der Waals surface area contributed by atoms with Gasteiger partial charge in [0.15, 0.2) is 5.78 Å². The lowest BCUT2D eigenvalue weighted by molar-refractivity contribution is -0.127. The molecule has 4 nitrogen and oxygen atoms in total. The molecule has 0 radical (unpaired) electrons. The number of nitrogens with zero attached hydrogens (tertiary/aromatic N) is 2. The van der Waals surface area contributed by atoms with E-state index in [4.69, 9.17) is 0 Å². The molecule has 0 saturated carbocycles. The van der Waals surface area contributed by atoms with Crippen LogP contribution in [0.3, 0.4) is 0 Å². The molecule has 0 aliphatic carbocycles. The average Bonchev–Trinajstić information content (AvgIpc) is 3.15. The van der Waals surface area contributed by atoms with Crippen LogP contribution in [0.2, 0.25) is 0 Å². The molecule has 0 atom stereocenters. The van der Waals surface area contributed by atoms with Gasteiger partial charge in [-0.25, -0.2) is 4.98 Å². The quantitative estimate of drug-likeness (QED) is 0.500. The second-order valence-electron chi connectivity index (χ2n) is 6.68. The zero-order valence-corrected chi connectivity index (χ0v) is 15.7. The average molecular weight is 376 g/mol. The van der Waals surface area contributed by atoms with Gasteiger partial charge in [0.1, 0.15) is 5.01 Å². The fourth-order valence-electron chi connectivity index (χ4n) is 3.41. The molecule has 2 heterocycles. The molecule has 136 valence electrons. The first-order chi connectivity index (χ1) is 13.2. The number of piperidine rings is 1. The molecule has 0 spiro atoms. The standard InChI is InChI=1S/C22H20N2O2S/c25-21(11-10-20-23-18-8-4-5-9-19(18)27-20)24-14-12-17(13-15-24)22(26)16-6-2-1-3-7-16/h1-11,17H,12-15H2/b11-10+. The Bertz CT molecular complexity index is 953. The van der Waals surface area contributed by atoms with Gasteiger partial charge in [-0.3, -0.25) is 9.59 Å². The summed E-state index contributed by atoms with van der Waals surface area (Å²) < 4.78 is 1.12. The number of hydrogen-bond acceptors (Lipinski definition) is 4. The number of para-hydroxylation sites is 1. The highest BCUT2D eigenvalue weighted by Gasteiger charge is 2.27. The van der Waals surface area contributed by atoms with E-state index in [9.17, 15) is 9.59 Å². The molecule has 1 amide bonds. The second-order valence-corrected chi connectivity index (χ2v) is 7.75. The largest absolute Gasteiger partial charge is 0.339 e. The molecule has 27 heavy (non-hydrogen) atoms. The van der Waals surface area contributed by atoms with Crippen molar-refractivity contribution in [1.82, 2.24) is 9.88 Å². The van der Waals surface area contributed by atoms with Crippen LogP contribution >= 0.6 is 11.3 Å². The molecule has 5 heteroatoms. The zero-order chi connectivity index (χ0) is 18.6. The number of amides is 1. The lowest BCUT2D eigenvalue weighted by Crippen LogP contribution is -2.39. The van der Waals surface area contributed by atoms with Gasteiger partial charge in [-0.05, 0) is 31.1 Å². The number of hydrogen-bond donors (Lipinski definition) is 0. The number of fused-ring (bicyclic) bond motifs is 1. The first-order valence-corrected chi connectivity index (χ1v) is 9.94. The maximum absolute atomic E-state index is 12.5. The van der Waals surface area contributed by atoms with E-state index in [1.54, 1.807) is 23.5 Å². The minimum absolute atomic E-state index is 0.00434. The number of aromatic nitrogens is 1. The highest BCUT2D eigenvalue weighted by molar-refractivity contribution is 7.19. The third kappa shape index (κ3) is 3.98. The topological polar surface area (TPSA) is 50.3 Å². The Morgan fingerprint density at radius 2 is 1.70 bits per heavy atom. The smallest absolute Gasteiger partial charge is 0.246 e. The molecular weight excluding hydrogens is 356 g/mol. The molecule has 0 N–H and O–H groups in total. The molecular formula is C22H20N2O2S. The zero-order valence-electron chi connectivity index (χ0n) is 14.9. The minimum atomic E-state index is -0.0140. The molecule has 1 fully saturated rings. The molecule has 3 aromatic rings. The Morgan fingerprint density at radius 1 is 1.00 bits per heavy atom. The molecule has 0 unspecified atom stereocenters. The summed E-state index contributed by atoms with van der Waals surface area (Å²) in [5.74, 6) is 0.178. The summed E-state index contributed by atoms with van der Waals surface area (Å²) in [5, 5.41) is 0.832. The van der Waals surface area contributed by atoms with Gasteiger partial charge in [0.2, 0.25) is 5.91 Å². The number of thiazole rings is 1. The van der Waals surface area contributed by atoms with Crippen LogP contribution in [0.5, 0.6) is 0 Å². The van der Waals surface area contributed by atoms with Crippen molar-refractivity contribution >= 4 is 39.3 Å². The molecule has 1 saturated heterocycles. The number of Topliss-reactive ketones (excluding diaryl/α,β-unsaturated/α-hetero) is 1. The Balaban J connectivity index is 1.35. The molecule has 1 aromatic heterocycles. The first-order valence-electron chi connectivity index (χ1n) is 9.12. The lowest BCUT2D eigenvalue weighted by atomic mass is 9.89. The van der Waals surface area contributed by atoms with E-state index >= 15 is 0 Å². The summed E-state index contributed by atoms with van der Waals surface area (Å²) in [5.41, 5.74) is 1.72. The fraction of sp³-hybridized carbons (Fsp3) is 0.227. The van der Waals surface area contributed by atoms with Crippen LogP contribution < -0.4 is 0 Å². The van der Waals surface area contributed by atoms with Crippen molar-refractivity contribution in [3.8, 4) is 0 Å². The van der Waals surface area contributed by atoms with E-state index in [0.717, 1.165) is 20.8 Å². The predicted octanol–water partition coefficient (Wildman–Crippen LogP) is 4.43. The highest BCUT2D eigenvalue weighted by atomic mass is 32.1. The van der Waals surface area contributed by atoms with Gasteiger partial charge in [-0.15, -0.1) is 11.3 Å². The van der Waals surface area contributed by atoms with E-state index in [0.29, 0.717) is 25.9 Å². The van der Waals surface area contributed by atoms with Gasteiger partial charge >= 0.3 is 0 Å². The summed E-state index contributed by atoms with van der Waals surface area (Å²) in [6.07, 6.45) is 4.81. The van der Waals surface area contributed by atoms with Crippen LogP contribution in [-0.4, -0.2) is 34.7 Å². The van der Waals surface area contributed by atoms with E-state index in [-0.39, 0.29) is 17.6 Å². The van der Waals surface area contributed by atoms with Crippen LogP contribution in [0.1, 0.15) is 28.2 Å². The van der Waals surface area contributed by atoms with Gasteiger partial charge in [0.05, 0.1) is 10.2 Å². The molecule has 1 aliphatic heterocycles. The normalized spacial score (nSPS) is 15.5. The summed E-state index contributed by atoms with van der Waals surface area (Å²) in [4.78, 5) is 31.3. The van der Waals surface area contributed by atoms with Crippen molar-refractivity contribution in [2.24, 2.45) is 5.92 Å². The molecule has 2 aromatic carbocycles. The maximum Gasteiger partial charge on any atom is 0.246 e. The summed E-state index contributed by atoms with van der Waals surface area (Å²) in [7, 11) is 0. The van der Waals surface area contributed by atoms with Crippen molar-refractivity contribution in [1.29, 1.82) is 0 Å². The van der Waals surface area contributed by atoms with Gasteiger partial charge in [0, 0.05) is 30.6 Å². The first kappa shape index (κ1) is 17.6. The van der Waals surface area contributed by atoms with Crippen LogP contribution in [-0.2, 0) is 4.79 Å². The number of ketones is 1. The van der Waals surface area contributed by atoms with Crippen molar-refractivity contribution in [3.05, 3.63) is 71.2 Å².